The summed E-state index contributed by atoms with van der Waals surface area (Å²) in [6.45, 7) is 1.95. The average molecular weight is 242 g/mol. The van der Waals surface area contributed by atoms with Crippen LogP contribution < -0.4 is 11.1 Å². The number of nitrogens with two attached hydrogens (primary N) is 1. The van der Waals surface area contributed by atoms with Crippen LogP contribution >= 0.6 is 0 Å². The van der Waals surface area contributed by atoms with E-state index >= 15 is 0 Å². The number of nitrogens with one attached hydrogen (secondary N) is 2. The number of aryl methyl sites for hydroxylation is 2. The first kappa shape index (κ1) is 10.6. The number of rotatable bonds is 2. The zero-order chi connectivity index (χ0) is 12.7. The van der Waals surface area contributed by atoms with Gasteiger partial charge in [0.25, 0.3) is 0 Å². The van der Waals surface area contributed by atoms with Crippen molar-refractivity contribution in [3.05, 3.63) is 30.2 Å². The molecule has 6 nitrogen and oxygen atoms in total. The molecule has 4 N–H and O–H groups in total. The summed E-state index contributed by atoms with van der Waals surface area (Å²) >= 11 is 0. The first-order valence-corrected chi connectivity index (χ1v) is 5.63. The standard InChI is InChI=1S/C12H14N6/c1-7-12(6-18(2)17-7)15-11-4-10-8(3-9(11)13)5-14-16-10/h3-6,15H,13H2,1-2H3,(H,14,16). The molecule has 0 saturated heterocycles. The van der Waals surface area contributed by atoms with Crippen LogP contribution in [0, 0.1) is 6.92 Å². The lowest BCUT2D eigenvalue weighted by Gasteiger charge is -2.08. The highest BCUT2D eigenvalue weighted by Gasteiger charge is 2.07. The number of nitrogen functional groups attached to an aromatic ring is 1. The molecule has 6 heteroatoms. The van der Waals surface area contributed by atoms with E-state index in [9.17, 15) is 0 Å². The fraction of sp³-hybridized carbons (Fsp3) is 0.167. The number of aromatic amines is 1. The predicted octanol–water partition coefficient (Wildman–Crippen LogP) is 1.93. The molecule has 0 saturated carbocycles. The normalized spacial score (nSPS) is 11.0. The summed E-state index contributed by atoms with van der Waals surface area (Å²) in [4.78, 5) is 0. The van der Waals surface area contributed by atoms with Crippen molar-refractivity contribution in [1.29, 1.82) is 0 Å². The molecular weight excluding hydrogens is 228 g/mol. The van der Waals surface area contributed by atoms with E-state index in [1.807, 2.05) is 32.3 Å². The molecule has 0 aliphatic carbocycles. The number of hydrogen-bond donors (Lipinski definition) is 3. The summed E-state index contributed by atoms with van der Waals surface area (Å²) < 4.78 is 1.77. The van der Waals surface area contributed by atoms with Gasteiger partial charge in [0.05, 0.1) is 34.5 Å². The van der Waals surface area contributed by atoms with Crippen LogP contribution in [0.25, 0.3) is 10.9 Å². The highest BCUT2D eigenvalue weighted by Crippen LogP contribution is 2.28. The molecule has 2 aromatic heterocycles. The third-order valence-electron chi connectivity index (χ3n) is 2.89. The number of anilines is 3. The first-order chi connectivity index (χ1) is 8.63. The highest BCUT2D eigenvalue weighted by atomic mass is 15.3. The second-order valence-corrected chi connectivity index (χ2v) is 4.32. The Morgan fingerprint density at radius 1 is 1.33 bits per heavy atom. The molecule has 0 aliphatic heterocycles. The fourth-order valence-corrected chi connectivity index (χ4v) is 1.98. The third-order valence-corrected chi connectivity index (χ3v) is 2.89. The van der Waals surface area contributed by atoms with Crippen LogP contribution in [-0.4, -0.2) is 20.0 Å². The van der Waals surface area contributed by atoms with Gasteiger partial charge < -0.3 is 11.1 Å². The quantitative estimate of drug-likeness (QED) is 0.599. The minimum absolute atomic E-state index is 0.687. The summed E-state index contributed by atoms with van der Waals surface area (Å²) in [6, 6.07) is 3.84. The smallest absolute Gasteiger partial charge is 0.0828 e. The van der Waals surface area contributed by atoms with Crippen molar-refractivity contribution < 1.29 is 0 Å². The molecule has 0 fully saturated rings. The lowest BCUT2D eigenvalue weighted by molar-refractivity contribution is 0.756. The van der Waals surface area contributed by atoms with E-state index in [0.29, 0.717) is 5.69 Å². The maximum absolute atomic E-state index is 6.02. The fourth-order valence-electron chi connectivity index (χ4n) is 1.98. The van der Waals surface area contributed by atoms with Crippen molar-refractivity contribution in [2.45, 2.75) is 6.92 Å². The van der Waals surface area contributed by atoms with E-state index in [1.54, 1.807) is 10.9 Å². The Balaban J connectivity index is 2.03. The zero-order valence-electron chi connectivity index (χ0n) is 10.2. The van der Waals surface area contributed by atoms with Crippen LogP contribution in [0.5, 0.6) is 0 Å². The third kappa shape index (κ3) is 1.67. The number of aromatic nitrogens is 4. The topological polar surface area (TPSA) is 84.5 Å². The zero-order valence-corrected chi connectivity index (χ0v) is 10.2. The molecule has 0 bridgehead atoms. The Bertz CT molecular complexity index is 709. The number of nitrogens with zero attached hydrogens (tertiary/aromatic N) is 3. The van der Waals surface area contributed by atoms with Crippen molar-refractivity contribution in [3.63, 3.8) is 0 Å². The van der Waals surface area contributed by atoms with E-state index in [1.165, 1.54) is 0 Å². The van der Waals surface area contributed by atoms with Gasteiger partial charge in [-0.25, -0.2) is 0 Å². The van der Waals surface area contributed by atoms with Gasteiger partial charge in [0.2, 0.25) is 0 Å². The van der Waals surface area contributed by atoms with E-state index in [4.69, 9.17) is 5.73 Å². The van der Waals surface area contributed by atoms with Crippen LogP contribution in [0.1, 0.15) is 5.69 Å². The average Bonchev–Trinajstić information content (AvgIpc) is 2.86. The molecule has 2 heterocycles. The monoisotopic (exact) mass is 242 g/mol. The Morgan fingerprint density at radius 3 is 2.89 bits per heavy atom. The van der Waals surface area contributed by atoms with Gasteiger partial charge in [-0.1, -0.05) is 0 Å². The second kappa shape index (κ2) is 3.76. The molecule has 0 amide bonds. The lowest BCUT2D eigenvalue weighted by Crippen LogP contribution is -1.96. The van der Waals surface area contributed by atoms with Crippen LogP contribution in [0.2, 0.25) is 0 Å². The van der Waals surface area contributed by atoms with Gasteiger partial charge in [0, 0.05) is 18.6 Å². The molecule has 0 aliphatic rings. The van der Waals surface area contributed by atoms with Gasteiger partial charge in [0.1, 0.15) is 0 Å². The summed E-state index contributed by atoms with van der Waals surface area (Å²) in [5, 5.41) is 15.5. The van der Waals surface area contributed by atoms with Gasteiger partial charge in [-0.3, -0.25) is 9.78 Å². The Morgan fingerprint density at radius 2 is 2.17 bits per heavy atom. The molecule has 0 unspecified atom stereocenters. The maximum Gasteiger partial charge on any atom is 0.0828 e. The van der Waals surface area contributed by atoms with E-state index in [2.05, 4.69) is 20.6 Å². The van der Waals surface area contributed by atoms with Gasteiger partial charge >= 0.3 is 0 Å². The van der Waals surface area contributed by atoms with Crippen molar-refractivity contribution >= 4 is 28.0 Å². The minimum atomic E-state index is 0.687. The van der Waals surface area contributed by atoms with Crippen molar-refractivity contribution in [2.24, 2.45) is 7.05 Å². The van der Waals surface area contributed by atoms with Gasteiger partial charge in [0.15, 0.2) is 0 Å². The van der Waals surface area contributed by atoms with E-state index in [-0.39, 0.29) is 0 Å². The first-order valence-electron chi connectivity index (χ1n) is 5.63. The summed E-state index contributed by atoms with van der Waals surface area (Å²) in [7, 11) is 1.89. The largest absolute Gasteiger partial charge is 0.397 e. The number of benzene rings is 1. The summed E-state index contributed by atoms with van der Waals surface area (Å²) in [6.07, 6.45) is 3.68. The Kier molecular flexibility index (Phi) is 2.22. The highest BCUT2D eigenvalue weighted by molar-refractivity contribution is 5.90. The summed E-state index contributed by atoms with van der Waals surface area (Å²) in [5.41, 5.74) is 10.4. The second-order valence-electron chi connectivity index (χ2n) is 4.32. The van der Waals surface area contributed by atoms with E-state index in [0.717, 1.165) is 28.0 Å². The molecule has 0 radical (unpaired) electrons. The molecule has 1 aromatic carbocycles. The lowest BCUT2D eigenvalue weighted by atomic mass is 10.2. The number of H-pyrrole nitrogens is 1. The Hall–Kier alpha value is -2.50. The minimum Gasteiger partial charge on any atom is -0.397 e. The van der Waals surface area contributed by atoms with Crippen molar-refractivity contribution in [2.75, 3.05) is 11.1 Å². The van der Waals surface area contributed by atoms with Gasteiger partial charge in [-0.15, -0.1) is 0 Å². The van der Waals surface area contributed by atoms with Crippen LogP contribution in [0.3, 0.4) is 0 Å². The van der Waals surface area contributed by atoms with E-state index < -0.39 is 0 Å². The van der Waals surface area contributed by atoms with Crippen molar-refractivity contribution in [1.82, 2.24) is 20.0 Å². The predicted molar refractivity (Wildman–Crippen MR) is 71.7 cm³/mol. The molecule has 3 aromatic rings. The molecular formula is C12H14N6. The van der Waals surface area contributed by atoms with Crippen molar-refractivity contribution in [3.8, 4) is 0 Å². The van der Waals surface area contributed by atoms with Crippen LogP contribution in [0.15, 0.2) is 24.5 Å². The number of hydrogen-bond acceptors (Lipinski definition) is 4. The van der Waals surface area contributed by atoms with Crippen LogP contribution in [-0.2, 0) is 7.05 Å². The maximum atomic E-state index is 6.02. The summed E-state index contributed by atoms with van der Waals surface area (Å²) in [5.74, 6) is 0. The molecule has 92 valence electrons. The Labute approximate surface area is 104 Å². The number of fused-ring (bicyclic) bond motifs is 1. The molecule has 3 rings (SSSR count). The SMILES string of the molecule is Cc1nn(C)cc1Nc1cc2[nH]ncc2cc1N. The van der Waals surface area contributed by atoms with Gasteiger partial charge in [-0.2, -0.15) is 10.2 Å². The molecule has 0 spiro atoms. The van der Waals surface area contributed by atoms with Gasteiger partial charge in [-0.05, 0) is 19.1 Å². The molecule has 0 atom stereocenters. The van der Waals surface area contributed by atoms with Crippen LogP contribution in [0.4, 0.5) is 17.1 Å². The molecule has 18 heavy (non-hydrogen) atoms.